The van der Waals surface area contributed by atoms with Crippen molar-refractivity contribution in [2.45, 2.75) is 19.5 Å². The molecule has 0 radical (unpaired) electrons. The quantitative estimate of drug-likeness (QED) is 0.518. The summed E-state index contributed by atoms with van der Waals surface area (Å²) in [5.74, 6) is 0.597. The van der Waals surface area contributed by atoms with Crippen LogP contribution in [0, 0.1) is 0 Å². The first-order valence-corrected chi connectivity index (χ1v) is 10.1. The highest BCUT2D eigenvalue weighted by atomic mass is 32.1. The minimum Gasteiger partial charge on any atom is -0.497 e. The van der Waals surface area contributed by atoms with Crippen molar-refractivity contribution >= 4 is 33.1 Å². The molecule has 2 heterocycles. The lowest BCUT2D eigenvalue weighted by Crippen LogP contribution is -2.41. The highest BCUT2D eigenvalue weighted by Gasteiger charge is 2.17. The zero-order valence-electron chi connectivity index (χ0n) is 17.0. The third-order valence-corrected chi connectivity index (χ3v) is 5.44. The molecule has 0 fully saturated rings. The maximum absolute atomic E-state index is 13.0. The van der Waals surface area contributed by atoms with Crippen LogP contribution in [0.2, 0.25) is 0 Å². The van der Waals surface area contributed by atoms with E-state index in [1.54, 1.807) is 36.8 Å². The molecule has 0 aliphatic rings. The third-order valence-electron chi connectivity index (χ3n) is 4.55. The van der Waals surface area contributed by atoms with E-state index in [4.69, 9.17) is 14.2 Å². The average molecular weight is 433 g/mol. The van der Waals surface area contributed by atoms with E-state index in [1.165, 1.54) is 30.1 Å². The Labute approximate surface area is 176 Å². The van der Waals surface area contributed by atoms with Crippen LogP contribution in [0.5, 0.6) is 11.5 Å². The van der Waals surface area contributed by atoms with Crippen molar-refractivity contribution < 1.29 is 19.0 Å². The Morgan fingerprint density at radius 2 is 1.90 bits per heavy atom. The first-order chi connectivity index (χ1) is 14.5. The zero-order valence-corrected chi connectivity index (χ0v) is 17.8. The largest absolute Gasteiger partial charge is 0.497 e. The molecular weight excluding hydrogens is 410 g/mol. The van der Waals surface area contributed by atoms with E-state index in [0.29, 0.717) is 40.4 Å². The van der Waals surface area contributed by atoms with Crippen LogP contribution in [-0.4, -0.2) is 43.0 Å². The van der Waals surface area contributed by atoms with E-state index < -0.39 is 11.6 Å². The Kier molecular flexibility index (Phi) is 6.91. The Hall–Kier alpha value is -3.11. The predicted molar refractivity (Wildman–Crippen MR) is 115 cm³/mol. The molecule has 10 heteroatoms. The second kappa shape index (κ2) is 9.59. The molecule has 0 aliphatic heterocycles. The molecule has 9 nitrogen and oxygen atoms in total. The summed E-state index contributed by atoms with van der Waals surface area (Å²) in [5.41, 5.74) is 0.00889. The SMILES string of the molecule is COCCCn1c(=O)c2sccc2n(CC(=O)Nc2ccc(OC)cc2OC)c1=O. The topological polar surface area (TPSA) is 101 Å². The van der Waals surface area contributed by atoms with Crippen LogP contribution < -0.4 is 26.0 Å². The molecule has 0 spiro atoms. The van der Waals surface area contributed by atoms with Crippen LogP contribution in [0.3, 0.4) is 0 Å². The van der Waals surface area contributed by atoms with Gasteiger partial charge in [-0.2, -0.15) is 0 Å². The third kappa shape index (κ3) is 4.39. The molecule has 0 saturated heterocycles. The molecule has 3 rings (SSSR count). The van der Waals surface area contributed by atoms with Gasteiger partial charge in [-0.1, -0.05) is 0 Å². The van der Waals surface area contributed by atoms with Crippen molar-refractivity contribution in [2.75, 3.05) is 33.3 Å². The number of ether oxygens (including phenoxy) is 3. The number of methoxy groups -OCH3 is 3. The zero-order chi connectivity index (χ0) is 21.7. The second-order valence-corrected chi connectivity index (χ2v) is 7.34. The number of thiophene rings is 1. The fourth-order valence-electron chi connectivity index (χ4n) is 3.09. The van der Waals surface area contributed by atoms with E-state index in [0.717, 1.165) is 4.57 Å². The van der Waals surface area contributed by atoms with E-state index in [1.807, 2.05) is 0 Å². The van der Waals surface area contributed by atoms with Gasteiger partial charge in [-0.05, 0) is 30.0 Å². The number of hydrogen-bond donors (Lipinski definition) is 1. The van der Waals surface area contributed by atoms with E-state index >= 15 is 0 Å². The summed E-state index contributed by atoms with van der Waals surface area (Å²) in [6.45, 7) is 0.394. The number of benzene rings is 1. The molecule has 0 saturated carbocycles. The fraction of sp³-hybridized carbons (Fsp3) is 0.350. The van der Waals surface area contributed by atoms with Gasteiger partial charge in [0.1, 0.15) is 22.7 Å². The highest BCUT2D eigenvalue weighted by molar-refractivity contribution is 7.17. The van der Waals surface area contributed by atoms with Crippen LogP contribution >= 0.6 is 11.3 Å². The lowest BCUT2D eigenvalue weighted by molar-refractivity contribution is -0.116. The molecule has 0 aliphatic carbocycles. The fourth-order valence-corrected chi connectivity index (χ4v) is 3.93. The van der Waals surface area contributed by atoms with Crippen molar-refractivity contribution in [3.05, 3.63) is 50.5 Å². The van der Waals surface area contributed by atoms with Gasteiger partial charge in [0, 0.05) is 26.3 Å². The molecule has 1 amide bonds. The average Bonchev–Trinajstić information content (AvgIpc) is 3.24. The van der Waals surface area contributed by atoms with Crippen LogP contribution in [0.15, 0.2) is 39.2 Å². The molecule has 1 aromatic carbocycles. The summed E-state index contributed by atoms with van der Waals surface area (Å²) >= 11 is 1.24. The molecule has 0 bridgehead atoms. The van der Waals surface area contributed by atoms with Crippen LogP contribution in [0.1, 0.15) is 6.42 Å². The number of nitrogens with zero attached hydrogens (tertiary/aromatic N) is 2. The predicted octanol–water partition coefficient (Wildman–Crippen LogP) is 1.92. The Bertz CT molecular complexity index is 1160. The van der Waals surface area contributed by atoms with Gasteiger partial charge in [-0.15, -0.1) is 11.3 Å². The first-order valence-electron chi connectivity index (χ1n) is 9.21. The maximum Gasteiger partial charge on any atom is 0.332 e. The molecule has 30 heavy (non-hydrogen) atoms. The number of amides is 1. The number of carbonyl (C=O) groups excluding carboxylic acids is 1. The standard InChI is InChI=1S/C20H23N3O6S/c1-27-9-4-8-22-19(25)18-15(7-10-30-18)23(20(22)26)12-17(24)21-14-6-5-13(28-2)11-16(14)29-3/h5-7,10-11H,4,8-9,12H2,1-3H3,(H,21,24). The number of carbonyl (C=O) groups is 1. The smallest absolute Gasteiger partial charge is 0.332 e. The van der Waals surface area contributed by atoms with Gasteiger partial charge in [0.25, 0.3) is 5.56 Å². The van der Waals surface area contributed by atoms with Gasteiger partial charge in [0.15, 0.2) is 0 Å². The lowest BCUT2D eigenvalue weighted by atomic mass is 10.2. The van der Waals surface area contributed by atoms with Gasteiger partial charge in [-0.25, -0.2) is 4.79 Å². The number of rotatable bonds is 9. The van der Waals surface area contributed by atoms with E-state index in [-0.39, 0.29) is 18.6 Å². The summed E-state index contributed by atoms with van der Waals surface area (Å²) in [6, 6.07) is 6.67. The first kappa shape index (κ1) is 21.6. The number of fused-ring (bicyclic) bond motifs is 1. The van der Waals surface area contributed by atoms with Gasteiger partial charge >= 0.3 is 5.69 Å². The number of aromatic nitrogens is 2. The van der Waals surface area contributed by atoms with Crippen LogP contribution in [0.25, 0.3) is 10.2 Å². The normalized spacial score (nSPS) is 10.9. The summed E-state index contributed by atoms with van der Waals surface area (Å²) in [5, 5.41) is 4.48. The summed E-state index contributed by atoms with van der Waals surface area (Å²) in [4.78, 5) is 38.3. The molecule has 2 aromatic heterocycles. The van der Waals surface area contributed by atoms with E-state index in [2.05, 4.69) is 5.32 Å². The van der Waals surface area contributed by atoms with Gasteiger partial charge < -0.3 is 19.5 Å². The highest BCUT2D eigenvalue weighted by Crippen LogP contribution is 2.29. The maximum atomic E-state index is 13.0. The Morgan fingerprint density at radius 3 is 2.60 bits per heavy atom. The van der Waals surface area contributed by atoms with Gasteiger partial charge in [0.2, 0.25) is 5.91 Å². The van der Waals surface area contributed by atoms with Gasteiger partial charge in [0.05, 0.1) is 25.4 Å². The second-order valence-electron chi connectivity index (χ2n) is 6.42. The molecule has 160 valence electrons. The monoisotopic (exact) mass is 433 g/mol. The summed E-state index contributed by atoms with van der Waals surface area (Å²) in [7, 11) is 4.58. The summed E-state index contributed by atoms with van der Waals surface area (Å²) < 4.78 is 18.3. The number of hydrogen-bond acceptors (Lipinski definition) is 7. The van der Waals surface area contributed by atoms with Crippen LogP contribution in [0.4, 0.5) is 5.69 Å². The minimum atomic E-state index is -0.529. The van der Waals surface area contributed by atoms with Crippen molar-refractivity contribution in [1.82, 2.24) is 9.13 Å². The minimum absolute atomic E-state index is 0.216. The van der Waals surface area contributed by atoms with Crippen LogP contribution in [-0.2, 0) is 22.6 Å². The van der Waals surface area contributed by atoms with Gasteiger partial charge in [-0.3, -0.25) is 18.7 Å². The molecule has 0 unspecified atom stereocenters. The van der Waals surface area contributed by atoms with Crippen molar-refractivity contribution in [2.24, 2.45) is 0 Å². The molecule has 0 atom stereocenters. The van der Waals surface area contributed by atoms with Crippen molar-refractivity contribution in [3.8, 4) is 11.5 Å². The van der Waals surface area contributed by atoms with Crippen molar-refractivity contribution in [1.29, 1.82) is 0 Å². The number of anilines is 1. The summed E-state index contributed by atoms with van der Waals surface area (Å²) in [6.07, 6.45) is 0.512. The molecular formula is C20H23N3O6S. The molecule has 1 N–H and O–H groups in total. The van der Waals surface area contributed by atoms with E-state index in [9.17, 15) is 14.4 Å². The number of nitrogens with one attached hydrogen (secondary N) is 1. The van der Waals surface area contributed by atoms with Crippen molar-refractivity contribution in [3.63, 3.8) is 0 Å². The lowest BCUT2D eigenvalue weighted by Gasteiger charge is -2.14. The molecule has 3 aromatic rings. The Balaban J connectivity index is 1.92. The Morgan fingerprint density at radius 1 is 1.10 bits per heavy atom.